The quantitative estimate of drug-likeness (QED) is 0.157. The van der Waals surface area contributed by atoms with Gasteiger partial charge in [0.05, 0.1) is 28.7 Å². The lowest BCUT2D eigenvalue weighted by Gasteiger charge is -2.33. The normalized spacial score (nSPS) is 13.9. The summed E-state index contributed by atoms with van der Waals surface area (Å²) in [6.07, 6.45) is -0.589. The van der Waals surface area contributed by atoms with Crippen molar-refractivity contribution in [3.8, 4) is 39.1 Å². The molecule has 0 amide bonds. The summed E-state index contributed by atoms with van der Waals surface area (Å²) in [5, 5.41) is 14.5. The van der Waals surface area contributed by atoms with E-state index >= 15 is 0 Å². The van der Waals surface area contributed by atoms with E-state index in [9.17, 15) is 0 Å². The van der Waals surface area contributed by atoms with Crippen molar-refractivity contribution < 1.29 is 4.42 Å². The van der Waals surface area contributed by atoms with Crippen LogP contribution in [0.15, 0.2) is 257 Å². The lowest BCUT2D eigenvalue weighted by molar-refractivity contribution is 0.669. The van der Waals surface area contributed by atoms with E-state index < -0.39 is 6.17 Å². The first-order valence-electron chi connectivity index (χ1n) is 23.8. The Balaban J connectivity index is 0.977. The first kappa shape index (κ1) is 39.8. The van der Waals surface area contributed by atoms with Gasteiger partial charge in [0.15, 0.2) is 0 Å². The predicted molar refractivity (Wildman–Crippen MR) is 291 cm³/mol. The third kappa shape index (κ3) is 6.62. The third-order valence-electron chi connectivity index (χ3n) is 14.0. The third-order valence-corrected chi connectivity index (χ3v) is 14.0. The minimum Gasteiger partial charge on any atom is -0.456 e. The molecule has 11 aromatic carbocycles. The molecule has 1 atom stereocenters. The van der Waals surface area contributed by atoms with Gasteiger partial charge in [0.25, 0.3) is 0 Å². The molecule has 0 fully saturated rings. The Hall–Kier alpha value is -9.32. The lowest BCUT2D eigenvalue weighted by Crippen LogP contribution is -2.16. The van der Waals surface area contributed by atoms with E-state index in [1.54, 1.807) is 0 Å². The molecule has 0 spiro atoms. The number of nitrogens with zero attached hydrogens (tertiary/aromatic N) is 4. The molecule has 0 aliphatic carbocycles. The van der Waals surface area contributed by atoms with Crippen molar-refractivity contribution in [3.05, 3.63) is 265 Å². The van der Waals surface area contributed by atoms with Gasteiger partial charge < -0.3 is 19.3 Å². The molecule has 0 N–H and O–H groups in total. The second-order valence-corrected chi connectivity index (χ2v) is 18.1. The maximum absolute atomic E-state index is 6.71. The van der Waals surface area contributed by atoms with Gasteiger partial charge in [-0.05, 0) is 103 Å². The van der Waals surface area contributed by atoms with Gasteiger partial charge in [0.1, 0.15) is 11.2 Å². The number of fused-ring (bicyclic) bond motifs is 8. The number of furan rings is 1. The largest absolute Gasteiger partial charge is 0.456 e. The minimum atomic E-state index is -0.589. The summed E-state index contributed by atoms with van der Waals surface area (Å²) in [5.41, 5.74) is 14.7. The topological polar surface area (TPSA) is 56.9 Å². The van der Waals surface area contributed by atoms with E-state index in [4.69, 9.17) is 19.7 Å². The molecule has 5 heteroatoms. The molecule has 70 heavy (non-hydrogen) atoms. The van der Waals surface area contributed by atoms with Crippen molar-refractivity contribution >= 4 is 77.0 Å². The fourth-order valence-electron chi connectivity index (χ4n) is 10.6. The first-order valence-corrected chi connectivity index (χ1v) is 23.8. The van der Waals surface area contributed by atoms with Crippen LogP contribution >= 0.6 is 0 Å². The summed E-state index contributed by atoms with van der Waals surface area (Å²) in [4.78, 5) is 10.6. The molecular weight excluding hydrogens is 853 g/mol. The Morgan fingerprint density at radius 3 is 1.70 bits per heavy atom. The molecule has 13 aromatic rings. The summed E-state index contributed by atoms with van der Waals surface area (Å²) >= 11 is 0. The number of amidine groups is 2. The maximum Gasteiger partial charge on any atom is 0.136 e. The molecule has 2 aromatic heterocycles. The highest BCUT2D eigenvalue weighted by molar-refractivity contribution is 6.23. The summed E-state index contributed by atoms with van der Waals surface area (Å²) in [5.74, 6) is 1.28. The Morgan fingerprint density at radius 2 is 0.971 bits per heavy atom. The molecular formula is C65H41N4O-. The first-order chi connectivity index (χ1) is 34.7. The predicted octanol–water partition coefficient (Wildman–Crippen LogP) is 17.3. The Morgan fingerprint density at radius 1 is 0.400 bits per heavy atom. The van der Waals surface area contributed by atoms with Gasteiger partial charge in [-0.25, -0.2) is 0 Å². The molecule has 0 bridgehead atoms. The van der Waals surface area contributed by atoms with Crippen molar-refractivity contribution in [2.45, 2.75) is 6.17 Å². The summed E-state index contributed by atoms with van der Waals surface area (Å²) in [6, 6.07) is 86.2. The monoisotopic (exact) mass is 893 g/mol. The number of aromatic nitrogens is 1. The summed E-state index contributed by atoms with van der Waals surface area (Å²) < 4.78 is 9.16. The van der Waals surface area contributed by atoms with Crippen LogP contribution < -0.4 is 0 Å². The van der Waals surface area contributed by atoms with Crippen LogP contribution in [-0.2, 0) is 0 Å². The molecule has 0 saturated heterocycles. The van der Waals surface area contributed by atoms with Crippen LogP contribution in [0.25, 0.3) is 110 Å². The van der Waals surface area contributed by atoms with Gasteiger partial charge in [-0.15, -0.1) is 0 Å². The highest BCUT2D eigenvalue weighted by Crippen LogP contribution is 2.47. The van der Waals surface area contributed by atoms with Crippen LogP contribution in [0.2, 0.25) is 0 Å². The molecule has 0 radical (unpaired) electrons. The average molecular weight is 894 g/mol. The van der Waals surface area contributed by atoms with Crippen LogP contribution in [0.5, 0.6) is 0 Å². The van der Waals surface area contributed by atoms with Gasteiger partial charge >= 0.3 is 0 Å². The molecule has 328 valence electrons. The van der Waals surface area contributed by atoms with E-state index in [1.807, 2.05) is 30.3 Å². The van der Waals surface area contributed by atoms with Crippen LogP contribution in [0.1, 0.15) is 22.9 Å². The smallest absolute Gasteiger partial charge is 0.136 e. The number of aliphatic imine (C=N–C) groups is 2. The zero-order chi connectivity index (χ0) is 46.1. The molecule has 0 saturated carbocycles. The number of hydrogen-bond donors (Lipinski definition) is 0. The van der Waals surface area contributed by atoms with Crippen molar-refractivity contribution in [1.29, 1.82) is 0 Å². The van der Waals surface area contributed by atoms with Crippen LogP contribution in [0.3, 0.4) is 0 Å². The van der Waals surface area contributed by atoms with Gasteiger partial charge in [-0.2, -0.15) is 0 Å². The molecule has 1 unspecified atom stereocenters. The number of rotatable bonds is 7. The van der Waals surface area contributed by atoms with Crippen molar-refractivity contribution in [2.75, 3.05) is 0 Å². The van der Waals surface area contributed by atoms with E-state index in [0.717, 1.165) is 88.4 Å². The zero-order valence-electron chi connectivity index (χ0n) is 37.9. The highest BCUT2D eigenvalue weighted by Gasteiger charge is 2.24. The molecule has 1 aliphatic heterocycles. The van der Waals surface area contributed by atoms with Crippen LogP contribution in [0.4, 0.5) is 0 Å². The Labute approximate surface area is 404 Å². The fraction of sp³-hybridized carbons (Fsp3) is 0.0154. The minimum absolute atomic E-state index is 0.589. The zero-order valence-corrected chi connectivity index (χ0v) is 37.9. The maximum atomic E-state index is 6.71. The molecule has 3 heterocycles. The second kappa shape index (κ2) is 16.2. The Bertz CT molecular complexity index is 4240. The SMILES string of the molecule is c1ccc(C2=NC(c3ccc(-c4ccc(-c5ccccc5)cc4)cc3)=NC(c3ccc(-n4c5ccccc5c5cc6ccccc6cc54)c(-c4c5ccccc5cc5oc6ccccc6c45)c3)[N-]2)cc1. The number of para-hydroxylation sites is 2. The highest BCUT2D eigenvalue weighted by atomic mass is 16.3. The van der Waals surface area contributed by atoms with Gasteiger partial charge in [-0.3, -0.25) is 4.99 Å². The second-order valence-electron chi connectivity index (χ2n) is 18.1. The van der Waals surface area contributed by atoms with E-state index in [-0.39, 0.29) is 0 Å². The average Bonchev–Trinajstić information content (AvgIpc) is 3.96. The van der Waals surface area contributed by atoms with Crippen LogP contribution in [-0.4, -0.2) is 16.2 Å². The van der Waals surface area contributed by atoms with E-state index in [1.165, 1.54) is 32.7 Å². The molecule has 14 rings (SSSR count). The van der Waals surface area contributed by atoms with E-state index in [2.05, 4.69) is 217 Å². The Kier molecular flexibility index (Phi) is 9.20. The molecule has 5 nitrogen and oxygen atoms in total. The number of hydrogen-bond acceptors (Lipinski definition) is 3. The summed E-state index contributed by atoms with van der Waals surface area (Å²) in [6.45, 7) is 0. The van der Waals surface area contributed by atoms with Crippen LogP contribution in [0, 0.1) is 0 Å². The van der Waals surface area contributed by atoms with Crippen molar-refractivity contribution in [2.24, 2.45) is 9.98 Å². The van der Waals surface area contributed by atoms with Gasteiger partial charge in [0.2, 0.25) is 0 Å². The van der Waals surface area contributed by atoms with Gasteiger partial charge in [0, 0.05) is 32.7 Å². The fourth-order valence-corrected chi connectivity index (χ4v) is 10.6. The van der Waals surface area contributed by atoms with Gasteiger partial charge in [-0.1, -0.05) is 206 Å². The van der Waals surface area contributed by atoms with E-state index in [0.29, 0.717) is 11.7 Å². The number of benzene rings is 11. The van der Waals surface area contributed by atoms with Crippen molar-refractivity contribution in [3.63, 3.8) is 0 Å². The lowest BCUT2D eigenvalue weighted by atomic mass is 9.90. The summed E-state index contributed by atoms with van der Waals surface area (Å²) in [7, 11) is 0. The van der Waals surface area contributed by atoms with Crippen molar-refractivity contribution in [1.82, 2.24) is 4.57 Å². The molecule has 1 aliphatic rings. The standard InChI is InChI=1S/C65H41N4O/c1-3-15-41(16-4-1)42-27-29-43(30-28-42)44-31-33-46(34-32-44)64-66-63(45-17-5-2-6-18-45)67-65(68-64)50-35-36-57(69-56-25-13-11-23-52(56)54-37-47-19-7-8-20-48(47)39-58(54)69)55(38-50)61-51-22-10-9-21-49(51)40-60-62(61)53-24-12-14-26-59(53)70-60/h1-40,65H/q-1.